The van der Waals surface area contributed by atoms with E-state index in [-0.39, 0.29) is 11.4 Å². The quantitative estimate of drug-likeness (QED) is 0.545. The van der Waals surface area contributed by atoms with Gasteiger partial charge in [-0.15, -0.1) is 0 Å². The summed E-state index contributed by atoms with van der Waals surface area (Å²) in [5, 5.41) is 0.580. The first-order chi connectivity index (χ1) is 6.58. The van der Waals surface area contributed by atoms with Crippen LogP contribution in [0.1, 0.15) is 0 Å². The van der Waals surface area contributed by atoms with Gasteiger partial charge in [0.2, 0.25) is 0 Å². The lowest BCUT2D eigenvalue weighted by atomic mass is 10.6. The molecule has 0 radical (unpaired) electrons. The van der Waals surface area contributed by atoms with Gasteiger partial charge in [0.1, 0.15) is 5.82 Å². The van der Waals surface area contributed by atoms with E-state index in [1.54, 1.807) is 0 Å². The average Bonchev–Trinajstić information content (AvgIpc) is 2.01. The third-order valence-electron chi connectivity index (χ3n) is 1.52. The van der Waals surface area contributed by atoms with E-state index in [1.165, 1.54) is 17.8 Å². The van der Waals surface area contributed by atoms with E-state index in [4.69, 9.17) is 5.73 Å². The van der Waals surface area contributed by atoms with E-state index in [0.717, 1.165) is 12.3 Å². The van der Waals surface area contributed by atoms with Gasteiger partial charge in [0.15, 0.2) is 5.16 Å². The van der Waals surface area contributed by atoms with E-state index < -0.39 is 0 Å². The molecule has 1 aromatic rings. The van der Waals surface area contributed by atoms with Crippen LogP contribution < -0.4 is 11.3 Å². The van der Waals surface area contributed by atoms with Crippen LogP contribution in [-0.2, 0) is 0 Å². The Kier molecular flexibility index (Phi) is 3.97. The summed E-state index contributed by atoms with van der Waals surface area (Å²) in [6.45, 7) is 0.934. The second-order valence-corrected chi connectivity index (χ2v) is 4.21. The van der Waals surface area contributed by atoms with Crippen LogP contribution in [0.4, 0.5) is 5.82 Å². The molecule has 1 aromatic heterocycles. The summed E-state index contributed by atoms with van der Waals surface area (Å²) in [6, 6.07) is 1.27. The first-order valence-corrected chi connectivity index (χ1v) is 5.21. The second kappa shape index (κ2) is 5.02. The van der Waals surface area contributed by atoms with Crippen molar-refractivity contribution in [2.24, 2.45) is 0 Å². The van der Waals surface area contributed by atoms with E-state index >= 15 is 0 Å². The third kappa shape index (κ3) is 3.80. The fraction of sp³-hybridized carbons (Fsp3) is 0.500. The van der Waals surface area contributed by atoms with E-state index in [1.807, 2.05) is 14.1 Å². The van der Waals surface area contributed by atoms with E-state index in [9.17, 15) is 4.79 Å². The summed E-state index contributed by atoms with van der Waals surface area (Å²) < 4.78 is 0. The van der Waals surface area contributed by atoms with Gasteiger partial charge in [0.25, 0.3) is 5.56 Å². The summed E-state index contributed by atoms with van der Waals surface area (Å²) in [5.41, 5.74) is 5.23. The van der Waals surface area contributed by atoms with Crippen molar-refractivity contribution in [1.82, 2.24) is 14.9 Å². The van der Waals surface area contributed by atoms with Crippen molar-refractivity contribution in [3.05, 3.63) is 16.4 Å². The number of aromatic amines is 1. The van der Waals surface area contributed by atoms with Crippen LogP contribution in [-0.4, -0.2) is 41.3 Å². The highest BCUT2D eigenvalue weighted by Gasteiger charge is 1.99. The molecular weight excluding hydrogens is 200 g/mol. The number of H-pyrrole nitrogens is 1. The number of nitrogens with two attached hydrogens (primary N) is 1. The number of aromatic nitrogens is 2. The van der Waals surface area contributed by atoms with Gasteiger partial charge in [-0.05, 0) is 14.1 Å². The molecule has 1 heterocycles. The monoisotopic (exact) mass is 214 g/mol. The third-order valence-corrected chi connectivity index (χ3v) is 2.37. The molecule has 1 rings (SSSR count). The number of nitrogens with zero attached hydrogens (tertiary/aromatic N) is 2. The molecule has 6 heteroatoms. The highest BCUT2D eigenvalue weighted by atomic mass is 32.2. The minimum absolute atomic E-state index is 0.204. The lowest BCUT2D eigenvalue weighted by Gasteiger charge is -2.07. The molecule has 0 aliphatic heterocycles. The first kappa shape index (κ1) is 11.1. The standard InChI is InChI=1S/C8H14N4OS/c1-12(2)3-4-14-8-10-6(9)5-7(13)11-8/h5H,3-4H2,1-2H3,(H3,9,10,11,13). The van der Waals surface area contributed by atoms with Crippen molar-refractivity contribution >= 4 is 17.6 Å². The topological polar surface area (TPSA) is 75.0 Å². The van der Waals surface area contributed by atoms with Crippen molar-refractivity contribution in [3.63, 3.8) is 0 Å². The molecule has 0 aliphatic rings. The number of hydrogen-bond acceptors (Lipinski definition) is 5. The Balaban J connectivity index is 2.55. The van der Waals surface area contributed by atoms with Crippen LogP contribution in [0.5, 0.6) is 0 Å². The molecule has 0 spiro atoms. The number of nitrogen functional groups attached to an aromatic ring is 1. The maximum Gasteiger partial charge on any atom is 0.253 e. The number of thioether (sulfide) groups is 1. The Bertz CT molecular complexity index is 349. The molecular formula is C8H14N4OS. The lowest BCUT2D eigenvalue weighted by molar-refractivity contribution is 0.437. The largest absolute Gasteiger partial charge is 0.383 e. The molecule has 0 amide bonds. The van der Waals surface area contributed by atoms with Gasteiger partial charge >= 0.3 is 0 Å². The maximum atomic E-state index is 11.0. The highest BCUT2D eigenvalue weighted by Crippen LogP contribution is 2.10. The molecule has 0 fully saturated rings. The molecule has 0 saturated heterocycles. The van der Waals surface area contributed by atoms with Gasteiger partial charge in [-0.25, -0.2) is 4.98 Å². The van der Waals surface area contributed by atoms with Crippen LogP contribution in [0.15, 0.2) is 16.0 Å². The predicted molar refractivity (Wildman–Crippen MR) is 58.5 cm³/mol. The summed E-state index contributed by atoms with van der Waals surface area (Å²) in [5.74, 6) is 1.14. The van der Waals surface area contributed by atoms with Crippen molar-refractivity contribution in [2.45, 2.75) is 5.16 Å². The lowest BCUT2D eigenvalue weighted by Crippen LogP contribution is -2.15. The van der Waals surface area contributed by atoms with Crippen molar-refractivity contribution in [3.8, 4) is 0 Å². The van der Waals surface area contributed by atoms with Crippen LogP contribution in [0.2, 0.25) is 0 Å². The molecule has 14 heavy (non-hydrogen) atoms. The fourth-order valence-electron chi connectivity index (χ4n) is 0.847. The highest BCUT2D eigenvalue weighted by molar-refractivity contribution is 7.99. The molecule has 0 saturated carbocycles. The SMILES string of the molecule is CN(C)CCSc1nc(N)cc(=O)[nH]1. The molecule has 0 aromatic carbocycles. The number of anilines is 1. The molecule has 0 bridgehead atoms. The van der Waals surface area contributed by atoms with Crippen LogP contribution in [0, 0.1) is 0 Å². The maximum absolute atomic E-state index is 11.0. The zero-order valence-corrected chi connectivity index (χ0v) is 9.10. The summed E-state index contributed by atoms with van der Waals surface area (Å²) in [6.07, 6.45) is 0. The van der Waals surface area contributed by atoms with Crippen molar-refractivity contribution in [2.75, 3.05) is 32.1 Å². The van der Waals surface area contributed by atoms with E-state index in [2.05, 4.69) is 14.9 Å². The summed E-state index contributed by atoms with van der Waals surface area (Å²) in [7, 11) is 3.99. The van der Waals surface area contributed by atoms with Gasteiger partial charge in [-0.2, -0.15) is 0 Å². The molecule has 0 unspecified atom stereocenters. The average molecular weight is 214 g/mol. The van der Waals surface area contributed by atoms with Gasteiger partial charge in [0, 0.05) is 18.4 Å². The van der Waals surface area contributed by atoms with Crippen LogP contribution >= 0.6 is 11.8 Å². The van der Waals surface area contributed by atoms with Gasteiger partial charge in [0.05, 0.1) is 0 Å². The smallest absolute Gasteiger partial charge is 0.253 e. The number of nitrogens with one attached hydrogen (secondary N) is 1. The molecule has 0 aliphatic carbocycles. The molecule has 0 atom stereocenters. The van der Waals surface area contributed by atoms with Crippen LogP contribution in [0.25, 0.3) is 0 Å². The van der Waals surface area contributed by atoms with Crippen molar-refractivity contribution < 1.29 is 0 Å². The Hall–Kier alpha value is -1.01. The summed E-state index contributed by atoms with van der Waals surface area (Å²) in [4.78, 5) is 19.7. The first-order valence-electron chi connectivity index (χ1n) is 4.22. The minimum atomic E-state index is -0.204. The van der Waals surface area contributed by atoms with Crippen molar-refractivity contribution in [1.29, 1.82) is 0 Å². The van der Waals surface area contributed by atoms with Gasteiger partial charge in [-0.1, -0.05) is 11.8 Å². The zero-order valence-electron chi connectivity index (χ0n) is 8.28. The fourth-order valence-corrected chi connectivity index (χ4v) is 1.84. The summed E-state index contributed by atoms with van der Waals surface area (Å²) >= 11 is 1.49. The predicted octanol–water partition coefficient (Wildman–Crippen LogP) is 0.00580. The Morgan fingerprint density at radius 3 is 2.93 bits per heavy atom. The number of rotatable bonds is 4. The Morgan fingerprint density at radius 2 is 2.36 bits per heavy atom. The minimum Gasteiger partial charge on any atom is -0.383 e. The Labute approximate surface area is 86.7 Å². The molecule has 3 N–H and O–H groups in total. The number of hydrogen-bond donors (Lipinski definition) is 2. The van der Waals surface area contributed by atoms with E-state index in [0.29, 0.717) is 5.16 Å². The zero-order chi connectivity index (χ0) is 10.6. The Morgan fingerprint density at radius 1 is 1.64 bits per heavy atom. The second-order valence-electron chi connectivity index (χ2n) is 3.13. The van der Waals surface area contributed by atoms with Crippen LogP contribution in [0.3, 0.4) is 0 Å². The molecule has 78 valence electrons. The molecule has 5 nitrogen and oxygen atoms in total. The van der Waals surface area contributed by atoms with Gasteiger partial charge < -0.3 is 15.6 Å². The van der Waals surface area contributed by atoms with Gasteiger partial charge in [-0.3, -0.25) is 4.79 Å². The normalized spacial score (nSPS) is 10.8.